The summed E-state index contributed by atoms with van der Waals surface area (Å²) in [6.07, 6.45) is 6.38. The summed E-state index contributed by atoms with van der Waals surface area (Å²) < 4.78 is 1.76. The van der Waals surface area contributed by atoms with Crippen LogP contribution >= 0.6 is 0 Å². The number of hydrogen-bond donors (Lipinski definition) is 1. The van der Waals surface area contributed by atoms with E-state index in [4.69, 9.17) is 5.73 Å². The molecule has 0 bridgehead atoms. The van der Waals surface area contributed by atoms with Gasteiger partial charge in [-0.25, -0.2) is 9.50 Å². The lowest BCUT2D eigenvalue weighted by Crippen LogP contribution is -2.18. The Kier molecular flexibility index (Phi) is 1.98. The molecular formula is C9H12N4. The number of hydrogen-bond acceptors (Lipinski definition) is 3. The molecule has 0 spiro atoms. The van der Waals surface area contributed by atoms with Crippen LogP contribution in [-0.4, -0.2) is 20.6 Å². The number of fused-ring (bicyclic) bond motifs is 1. The Morgan fingerprint density at radius 2 is 2.46 bits per heavy atom. The quantitative estimate of drug-likeness (QED) is 0.729. The topological polar surface area (TPSA) is 56.2 Å². The second kappa shape index (κ2) is 3.14. The van der Waals surface area contributed by atoms with Crippen LogP contribution in [-0.2, 0) is 6.42 Å². The van der Waals surface area contributed by atoms with Gasteiger partial charge in [0.05, 0.1) is 6.20 Å². The second-order valence-electron chi connectivity index (χ2n) is 3.28. The highest BCUT2D eigenvalue weighted by Gasteiger charge is 2.00. The van der Waals surface area contributed by atoms with Crippen molar-refractivity contribution in [1.82, 2.24) is 14.6 Å². The first-order valence-corrected chi connectivity index (χ1v) is 4.29. The molecule has 13 heavy (non-hydrogen) atoms. The van der Waals surface area contributed by atoms with E-state index in [2.05, 4.69) is 10.1 Å². The highest BCUT2D eigenvalue weighted by atomic mass is 15.2. The maximum Gasteiger partial charge on any atom is 0.154 e. The lowest BCUT2D eigenvalue weighted by Gasteiger charge is -2.04. The molecule has 0 amide bonds. The first kappa shape index (κ1) is 8.19. The SMILES string of the molecule is C[C@H](N)Cc1cnc2ccnn2c1. The van der Waals surface area contributed by atoms with Gasteiger partial charge >= 0.3 is 0 Å². The summed E-state index contributed by atoms with van der Waals surface area (Å²) in [5.41, 5.74) is 7.67. The third-order valence-electron chi connectivity index (χ3n) is 1.86. The number of nitrogens with two attached hydrogens (primary N) is 1. The summed E-state index contributed by atoms with van der Waals surface area (Å²) in [7, 11) is 0. The zero-order chi connectivity index (χ0) is 9.26. The predicted octanol–water partition coefficient (Wildman–Crippen LogP) is 0.619. The molecule has 4 heteroatoms. The van der Waals surface area contributed by atoms with Gasteiger partial charge in [0.15, 0.2) is 5.65 Å². The van der Waals surface area contributed by atoms with Gasteiger partial charge in [-0.3, -0.25) is 0 Å². The molecule has 0 aliphatic heterocycles. The van der Waals surface area contributed by atoms with E-state index in [0.29, 0.717) is 0 Å². The number of nitrogens with zero attached hydrogens (tertiary/aromatic N) is 3. The van der Waals surface area contributed by atoms with E-state index in [-0.39, 0.29) is 6.04 Å². The molecule has 0 unspecified atom stereocenters. The maximum atomic E-state index is 5.69. The van der Waals surface area contributed by atoms with E-state index >= 15 is 0 Å². The molecular weight excluding hydrogens is 164 g/mol. The maximum absolute atomic E-state index is 5.69. The molecule has 0 aromatic carbocycles. The molecule has 2 aromatic heterocycles. The highest BCUT2D eigenvalue weighted by Crippen LogP contribution is 2.03. The van der Waals surface area contributed by atoms with Crippen LogP contribution in [0.15, 0.2) is 24.7 Å². The first-order valence-electron chi connectivity index (χ1n) is 4.29. The van der Waals surface area contributed by atoms with Gasteiger partial charge in [0.1, 0.15) is 0 Å². The third kappa shape index (κ3) is 1.67. The predicted molar refractivity (Wildman–Crippen MR) is 50.3 cm³/mol. The molecule has 2 heterocycles. The van der Waals surface area contributed by atoms with E-state index < -0.39 is 0 Å². The number of rotatable bonds is 2. The van der Waals surface area contributed by atoms with Crippen molar-refractivity contribution in [2.24, 2.45) is 5.73 Å². The van der Waals surface area contributed by atoms with E-state index in [1.165, 1.54) is 0 Å². The lowest BCUT2D eigenvalue weighted by molar-refractivity contribution is 0.728. The van der Waals surface area contributed by atoms with Crippen molar-refractivity contribution >= 4 is 5.65 Å². The minimum atomic E-state index is 0.162. The molecule has 2 aromatic rings. The van der Waals surface area contributed by atoms with Gasteiger partial charge < -0.3 is 5.73 Å². The highest BCUT2D eigenvalue weighted by molar-refractivity contribution is 5.35. The molecule has 68 valence electrons. The molecule has 2 N–H and O–H groups in total. The fourth-order valence-corrected chi connectivity index (χ4v) is 1.33. The van der Waals surface area contributed by atoms with Gasteiger partial charge in [-0.15, -0.1) is 0 Å². The van der Waals surface area contributed by atoms with Crippen LogP contribution in [0.4, 0.5) is 0 Å². The van der Waals surface area contributed by atoms with Gasteiger partial charge in [0.25, 0.3) is 0 Å². The van der Waals surface area contributed by atoms with Crippen LogP contribution < -0.4 is 5.73 Å². The summed E-state index contributed by atoms with van der Waals surface area (Å²) in [4.78, 5) is 4.24. The average molecular weight is 176 g/mol. The van der Waals surface area contributed by atoms with Crippen LogP contribution in [0.5, 0.6) is 0 Å². The number of aromatic nitrogens is 3. The van der Waals surface area contributed by atoms with Gasteiger partial charge in [-0.2, -0.15) is 5.10 Å². The van der Waals surface area contributed by atoms with Crippen molar-refractivity contribution in [3.8, 4) is 0 Å². The van der Waals surface area contributed by atoms with Crippen LogP contribution in [0.3, 0.4) is 0 Å². The monoisotopic (exact) mass is 176 g/mol. The van der Waals surface area contributed by atoms with Crippen molar-refractivity contribution in [3.05, 3.63) is 30.2 Å². The van der Waals surface area contributed by atoms with Crippen molar-refractivity contribution in [2.75, 3.05) is 0 Å². The van der Waals surface area contributed by atoms with Crippen molar-refractivity contribution < 1.29 is 0 Å². The smallest absolute Gasteiger partial charge is 0.154 e. The Labute approximate surface area is 76.4 Å². The Morgan fingerprint density at radius 3 is 3.23 bits per heavy atom. The standard InChI is InChI=1S/C9H12N4/c1-7(10)4-8-5-11-9-2-3-12-13(9)6-8/h2-3,5-7H,4,10H2,1H3/t7-/m0/s1. The Balaban J connectivity index is 2.37. The van der Waals surface area contributed by atoms with Crippen LogP contribution in [0.25, 0.3) is 5.65 Å². The third-order valence-corrected chi connectivity index (χ3v) is 1.86. The molecule has 4 nitrogen and oxygen atoms in total. The largest absolute Gasteiger partial charge is 0.328 e. The minimum absolute atomic E-state index is 0.162. The fourth-order valence-electron chi connectivity index (χ4n) is 1.33. The average Bonchev–Trinajstić information content (AvgIpc) is 2.49. The van der Waals surface area contributed by atoms with Crippen molar-refractivity contribution in [3.63, 3.8) is 0 Å². The summed E-state index contributed by atoms with van der Waals surface area (Å²) in [6, 6.07) is 2.03. The molecule has 0 aliphatic carbocycles. The second-order valence-corrected chi connectivity index (χ2v) is 3.28. The van der Waals surface area contributed by atoms with Crippen LogP contribution in [0, 0.1) is 0 Å². The van der Waals surface area contributed by atoms with E-state index in [1.807, 2.05) is 25.4 Å². The zero-order valence-electron chi connectivity index (χ0n) is 7.51. The Morgan fingerprint density at radius 1 is 1.62 bits per heavy atom. The molecule has 0 saturated heterocycles. The zero-order valence-corrected chi connectivity index (χ0v) is 7.51. The normalized spacial score (nSPS) is 13.4. The molecule has 0 aliphatic rings. The molecule has 1 atom stereocenters. The Bertz CT molecular complexity index is 405. The van der Waals surface area contributed by atoms with E-state index in [1.54, 1.807) is 10.7 Å². The fraction of sp³-hybridized carbons (Fsp3) is 0.333. The van der Waals surface area contributed by atoms with Gasteiger partial charge in [-0.05, 0) is 18.9 Å². The molecule has 2 rings (SSSR count). The van der Waals surface area contributed by atoms with Crippen LogP contribution in [0.2, 0.25) is 0 Å². The van der Waals surface area contributed by atoms with Crippen molar-refractivity contribution in [1.29, 1.82) is 0 Å². The summed E-state index contributed by atoms with van der Waals surface area (Å²) in [5, 5.41) is 4.10. The Hall–Kier alpha value is -1.42. The molecule has 0 saturated carbocycles. The summed E-state index contributed by atoms with van der Waals surface area (Å²) in [5.74, 6) is 0. The van der Waals surface area contributed by atoms with E-state index in [0.717, 1.165) is 17.6 Å². The lowest BCUT2D eigenvalue weighted by atomic mass is 10.1. The van der Waals surface area contributed by atoms with Gasteiger partial charge in [-0.1, -0.05) is 0 Å². The van der Waals surface area contributed by atoms with E-state index in [9.17, 15) is 0 Å². The molecule has 0 fully saturated rings. The van der Waals surface area contributed by atoms with Gasteiger partial charge in [0, 0.05) is 24.5 Å². The van der Waals surface area contributed by atoms with Gasteiger partial charge in [0.2, 0.25) is 0 Å². The summed E-state index contributed by atoms with van der Waals surface area (Å²) in [6.45, 7) is 1.98. The summed E-state index contributed by atoms with van der Waals surface area (Å²) >= 11 is 0. The van der Waals surface area contributed by atoms with Crippen molar-refractivity contribution in [2.45, 2.75) is 19.4 Å². The molecule has 0 radical (unpaired) electrons. The van der Waals surface area contributed by atoms with Crippen LogP contribution in [0.1, 0.15) is 12.5 Å². The first-order chi connectivity index (χ1) is 6.25. The minimum Gasteiger partial charge on any atom is -0.328 e.